The van der Waals surface area contributed by atoms with Gasteiger partial charge in [0.25, 0.3) is 0 Å². The third-order valence-corrected chi connectivity index (χ3v) is 5.78. The van der Waals surface area contributed by atoms with Crippen LogP contribution in [-0.2, 0) is 0 Å². The zero-order valence-electron chi connectivity index (χ0n) is 11.7. The Kier molecular flexibility index (Phi) is 4.56. The average Bonchev–Trinajstić information content (AvgIpc) is 2.95. The molecular weight excluding hydrogens is 286 g/mol. The lowest BCUT2D eigenvalue weighted by atomic mass is 10.1. The van der Waals surface area contributed by atoms with Crippen molar-refractivity contribution in [2.24, 2.45) is 5.92 Å². The third kappa shape index (κ3) is 3.50. The van der Waals surface area contributed by atoms with E-state index < -0.39 is 0 Å². The largest absolute Gasteiger partial charge is 0.388 e. The topological polar surface area (TPSA) is 32.3 Å². The minimum Gasteiger partial charge on any atom is -0.388 e. The van der Waals surface area contributed by atoms with Gasteiger partial charge in [0.15, 0.2) is 0 Å². The standard InChI is InChI=1S/C16H21NOS2/c1-11(10-13(18)14-4-2-8-19-14)17-16(12-6-7-12)15-5-3-9-20-15/h2-5,8-9,11-13,16-18H,6-7,10H2,1H3. The fourth-order valence-corrected chi connectivity index (χ4v) is 4.26. The molecule has 0 spiro atoms. The fourth-order valence-electron chi connectivity index (χ4n) is 2.65. The van der Waals surface area contributed by atoms with Gasteiger partial charge in [0.05, 0.1) is 6.10 Å². The summed E-state index contributed by atoms with van der Waals surface area (Å²) >= 11 is 3.47. The fraction of sp³-hybridized carbons (Fsp3) is 0.500. The maximum atomic E-state index is 10.3. The van der Waals surface area contributed by atoms with Crippen LogP contribution >= 0.6 is 22.7 Å². The van der Waals surface area contributed by atoms with Gasteiger partial charge in [-0.05, 0) is 55.0 Å². The van der Waals surface area contributed by atoms with Crippen LogP contribution in [0.2, 0.25) is 0 Å². The Bertz CT molecular complexity index is 505. The second-order valence-corrected chi connectivity index (χ2v) is 7.62. The van der Waals surface area contributed by atoms with Crippen molar-refractivity contribution in [3.63, 3.8) is 0 Å². The first-order valence-electron chi connectivity index (χ1n) is 7.25. The molecule has 2 aromatic heterocycles. The molecule has 3 atom stereocenters. The summed E-state index contributed by atoms with van der Waals surface area (Å²) in [4.78, 5) is 2.50. The Hall–Kier alpha value is -0.680. The van der Waals surface area contributed by atoms with Crippen LogP contribution in [-0.4, -0.2) is 11.1 Å². The first-order chi connectivity index (χ1) is 9.74. The molecule has 2 nitrogen and oxygen atoms in total. The molecule has 2 aromatic rings. The molecule has 3 rings (SSSR count). The van der Waals surface area contributed by atoms with Gasteiger partial charge in [-0.15, -0.1) is 22.7 Å². The molecule has 0 aromatic carbocycles. The van der Waals surface area contributed by atoms with Crippen LogP contribution in [0.4, 0.5) is 0 Å². The van der Waals surface area contributed by atoms with Crippen molar-refractivity contribution < 1.29 is 5.11 Å². The molecule has 0 aliphatic heterocycles. The zero-order chi connectivity index (χ0) is 13.9. The first kappa shape index (κ1) is 14.3. The Labute approximate surface area is 128 Å². The van der Waals surface area contributed by atoms with E-state index in [1.165, 1.54) is 17.7 Å². The summed E-state index contributed by atoms with van der Waals surface area (Å²) < 4.78 is 0. The molecule has 2 heterocycles. The lowest BCUT2D eigenvalue weighted by Crippen LogP contribution is -2.32. The van der Waals surface area contributed by atoms with E-state index >= 15 is 0 Å². The van der Waals surface area contributed by atoms with Crippen molar-refractivity contribution in [1.82, 2.24) is 5.32 Å². The van der Waals surface area contributed by atoms with Crippen molar-refractivity contribution in [2.45, 2.75) is 44.4 Å². The predicted octanol–water partition coefficient (Wildman–Crippen LogP) is 4.36. The Morgan fingerprint density at radius 3 is 2.40 bits per heavy atom. The third-order valence-electron chi connectivity index (χ3n) is 3.86. The molecule has 108 valence electrons. The van der Waals surface area contributed by atoms with Crippen molar-refractivity contribution in [2.75, 3.05) is 0 Å². The molecule has 4 heteroatoms. The van der Waals surface area contributed by atoms with Crippen molar-refractivity contribution in [3.05, 3.63) is 44.8 Å². The summed E-state index contributed by atoms with van der Waals surface area (Å²) in [6.45, 7) is 2.18. The molecule has 1 saturated carbocycles. The van der Waals surface area contributed by atoms with Crippen molar-refractivity contribution in [3.8, 4) is 0 Å². The minimum absolute atomic E-state index is 0.319. The van der Waals surface area contributed by atoms with Crippen LogP contribution in [0, 0.1) is 5.92 Å². The van der Waals surface area contributed by atoms with E-state index in [-0.39, 0.29) is 6.10 Å². The molecule has 0 saturated heterocycles. The molecule has 1 fully saturated rings. The zero-order valence-corrected chi connectivity index (χ0v) is 13.3. The smallest absolute Gasteiger partial charge is 0.0896 e. The van der Waals surface area contributed by atoms with E-state index in [0.717, 1.165) is 17.2 Å². The first-order valence-corrected chi connectivity index (χ1v) is 9.01. The Morgan fingerprint density at radius 1 is 1.20 bits per heavy atom. The quantitative estimate of drug-likeness (QED) is 0.796. The summed E-state index contributed by atoms with van der Waals surface area (Å²) in [7, 11) is 0. The lowest BCUT2D eigenvalue weighted by Gasteiger charge is -2.24. The molecule has 20 heavy (non-hydrogen) atoms. The maximum absolute atomic E-state index is 10.3. The van der Waals surface area contributed by atoms with E-state index in [0.29, 0.717) is 12.1 Å². The molecule has 1 aliphatic rings. The van der Waals surface area contributed by atoms with E-state index in [2.05, 4.69) is 29.8 Å². The highest BCUT2D eigenvalue weighted by atomic mass is 32.1. The summed E-state index contributed by atoms with van der Waals surface area (Å²) in [5, 5.41) is 18.2. The highest BCUT2D eigenvalue weighted by Crippen LogP contribution is 2.42. The number of hydrogen-bond acceptors (Lipinski definition) is 4. The summed E-state index contributed by atoms with van der Waals surface area (Å²) in [5.41, 5.74) is 0. The van der Waals surface area contributed by atoms with E-state index in [1.807, 2.05) is 28.8 Å². The molecule has 0 bridgehead atoms. The summed E-state index contributed by atoms with van der Waals surface area (Å²) in [5.74, 6) is 0.787. The van der Waals surface area contributed by atoms with Gasteiger partial charge < -0.3 is 10.4 Å². The van der Waals surface area contributed by atoms with Gasteiger partial charge in [0.1, 0.15) is 0 Å². The summed E-state index contributed by atoms with van der Waals surface area (Å²) in [6.07, 6.45) is 3.08. The SMILES string of the molecule is CC(CC(O)c1cccs1)NC(c1cccs1)C1CC1. The number of hydrogen-bond donors (Lipinski definition) is 2. The highest BCUT2D eigenvalue weighted by Gasteiger charge is 2.33. The molecular formula is C16H21NOS2. The van der Waals surface area contributed by atoms with Gasteiger partial charge >= 0.3 is 0 Å². The van der Waals surface area contributed by atoms with Crippen molar-refractivity contribution in [1.29, 1.82) is 0 Å². The van der Waals surface area contributed by atoms with Gasteiger partial charge in [-0.2, -0.15) is 0 Å². The maximum Gasteiger partial charge on any atom is 0.0896 e. The van der Waals surface area contributed by atoms with Gasteiger partial charge in [-0.3, -0.25) is 0 Å². The van der Waals surface area contributed by atoms with Gasteiger partial charge in [0.2, 0.25) is 0 Å². The number of rotatable bonds is 7. The summed E-state index contributed by atoms with van der Waals surface area (Å²) in [6, 6.07) is 9.16. The van der Waals surface area contributed by atoms with Crippen LogP contribution in [0.15, 0.2) is 35.0 Å². The molecule has 0 radical (unpaired) electrons. The number of thiophene rings is 2. The predicted molar refractivity (Wildman–Crippen MR) is 86.3 cm³/mol. The Morgan fingerprint density at radius 2 is 1.85 bits per heavy atom. The normalized spacial score (nSPS) is 19.7. The van der Waals surface area contributed by atoms with Crippen LogP contribution < -0.4 is 5.32 Å². The molecule has 2 N–H and O–H groups in total. The van der Waals surface area contributed by atoms with Crippen molar-refractivity contribution >= 4 is 22.7 Å². The number of aliphatic hydroxyl groups excluding tert-OH is 1. The van der Waals surface area contributed by atoms with Crippen LogP contribution in [0.5, 0.6) is 0 Å². The van der Waals surface area contributed by atoms with Gasteiger partial charge in [-0.1, -0.05) is 12.1 Å². The molecule has 1 aliphatic carbocycles. The average molecular weight is 307 g/mol. The van der Waals surface area contributed by atoms with Crippen LogP contribution in [0.25, 0.3) is 0 Å². The second-order valence-electron chi connectivity index (χ2n) is 5.67. The monoisotopic (exact) mass is 307 g/mol. The number of nitrogens with one attached hydrogen (secondary N) is 1. The van der Waals surface area contributed by atoms with Crippen LogP contribution in [0.3, 0.4) is 0 Å². The lowest BCUT2D eigenvalue weighted by molar-refractivity contribution is 0.154. The van der Waals surface area contributed by atoms with E-state index in [4.69, 9.17) is 0 Å². The molecule has 3 unspecified atom stereocenters. The minimum atomic E-state index is -0.347. The highest BCUT2D eigenvalue weighted by molar-refractivity contribution is 7.10. The molecule has 0 amide bonds. The van der Waals surface area contributed by atoms with Crippen LogP contribution in [0.1, 0.15) is 48.1 Å². The van der Waals surface area contributed by atoms with E-state index in [1.54, 1.807) is 11.3 Å². The Balaban J connectivity index is 1.58. The number of aliphatic hydroxyl groups is 1. The van der Waals surface area contributed by atoms with Gasteiger partial charge in [-0.25, -0.2) is 0 Å². The second kappa shape index (κ2) is 6.39. The van der Waals surface area contributed by atoms with E-state index in [9.17, 15) is 5.11 Å². The van der Waals surface area contributed by atoms with Gasteiger partial charge in [0, 0.05) is 21.8 Å².